The Morgan fingerprint density at radius 1 is 1.24 bits per heavy atom. The van der Waals surface area contributed by atoms with Crippen LogP contribution in [0.5, 0.6) is 0 Å². The normalized spacial score (nSPS) is 23.1. The quantitative estimate of drug-likeness (QED) is 0.338. The van der Waals surface area contributed by atoms with Gasteiger partial charge in [-0.05, 0) is 43.9 Å². The topological polar surface area (TPSA) is 48.9 Å². The van der Waals surface area contributed by atoms with Crippen LogP contribution in [-0.2, 0) is 17.5 Å². The summed E-state index contributed by atoms with van der Waals surface area (Å²) in [7, 11) is 0. The molecule has 1 aromatic rings. The molecule has 2 atom stereocenters. The Hall–Kier alpha value is -1.07. The number of halogens is 4. The molecule has 2 aliphatic heterocycles. The fourth-order valence-electron chi connectivity index (χ4n) is 3.65. The second kappa shape index (κ2) is 11.4. The molecule has 2 aliphatic rings. The van der Waals surface area contributed by atoms with Crippen LogP contribution in [0.2, 0.25) is 0 Å². The molecule has 0 aliphatic carbocycles. The molecular formula is C20H30F3IN4O. The maximum Gasteiger partial charge on any atom is 0.416 e. The number of hydrogen-bond donors (Lipinski definition) is 2. The number of aliphatic imine (C=N–C) groups is 1. The average Bonchev–Trinajstić information content (AvgIpc) is 3.32. The van der Waals surface area contributed by atoms with Crippen LogP contribution in [0.1, 0.15) is 37.3 Å². The van der Waals surface area contributed by atoms with Crippen LogP contribution in [-0.4, -0.2) is 55.8 Å². The summed E-state index contributed by atoms with van der Waals surface area (Å²) < 4.78 is 43.7. The fourth-order valence-corrected chi connectivity index (χ4v) is 3.65. The molecule has 2 N–H and O–H groups in total. The number of guanidine groups is 1. The summed E-state index contributed by atoms with van der Waals surface area (Å²) in [5, 5.41) is 6.76. The molecule has 9 heteroatoms. The third-order valence-electron chi connectivity index (χ3n) is 5.12. The lowest BCUT2D eigenvalue weighted by Crippen LogP contribution is -2.44. The maximum atomic E-state index is 12.7. The van der Waals surface area contributed by atoms with Gasteiger partial charge < -0.3 is 15.4 Å². The van der Waals surface area contributed by atoms with Crippen molar-refractivity contribution in [2.24, 2.45) is 4.99 Å². The Balaban J connectivity index is 0.00000300. The summed E-state index contributed by atoms with van der Waals surface area (Å²) in [6.07, 6.45) is -0.924. The highest BCUT2D eigenvalue weighted by Gasteiger charge is 2.30. The molecule has 2 saturated heterocycles. The van der Waals surface area contributed by atoms with Crippen molar-refractivity contribution >= 4 is 29.9 Å². The Morgan fingerprint density at radius 3 is 2.62 bits per heavy atom. The van der Waals surface area contributed by atoms with E-state index in [4.69, 9.17) is 4.74 Å². The van der Waals surface area contributed by atoms with Crippen molar-refractivity contribution in [2.45, 2.75) is 51.1 Å². The molecule has 2 unspecified atom stereocenters. The van der Waals surface area contributed by atoms with Gasteiger partial charge in [0, 0.05) is 38.8 Å². The first-order chi connectivity index (χ1) is 13.4. The van der Waals surface area contributed by atoms with E-state index in [0.717, 1.165) is 69.2 Å². The molecule has 3 rings (SSSR count). The molecule has 0 aromatic heterocycles. The molecule has 0 spiro atoms. The molecule has 0 saturated carbocycles. The van der Waals surface area contributed by atoms with Crippen LogP contribution in [0.3, 0.4) is 0 Å². The lowest BCUT2D eigenvalue weighted by Gasteiger charge is -2.19. The van der Waals surface area contributed by atoms with E-state index in [0.29, 0.717) is 13.1 Å². The maximum absolute atomic E-state index is 12.7. The average molecular weight is 526 g/mol. The van der Waals surface area contributed by atoms with Crippen LogP contribution in [0.15, 0.2) is 29.3 Å². The lowest BCUT2D eigenvalue weighted by atomic mass is 10.1. The number of nitrogens with zero attached hydrogens (tertiary/aromatic N) is 2. The van der Waals surface area contributed by atoms with Crippen molar-refractivity contribution < 1.29 is 17.9 Å². The van der Waals surface area contributed by atoms with Gasteiger partial charge in [-0.2, -0.15) is 13.2 Å². The van der Waals surface area contributed by atoms with Crippen LogP contribution in [0.25, 0.3) is 0 Å². The van der Waals surface area contributed by atoms with Gasteiger partial charge in [0.15, 0.2) is 5.96 Å². The summed E-state index contributed by atoms with van der Waals surface area (Å²) in [6.45, 7) is 6.71. The van der Waals surface area contributed by atoms with Crippen LogP contribution in [0.4, 0.5) is 13.2 Å². The van der Waals surface area contributed by atoms with Gasteiger partial charge in [-0.1, -0.05) is 12.1 Å². The SMILES string of the molecule is CCNC(=NCC1CCCO1)NC1CCN(Cc2ccc(C(F)(F)F)cc2)C1.I. The number of rotatable bonds is 6. The molecule has 2 heterocycles. The van der Waals surface area contributed by atoms with Gasteiger partial charge in [-0.15, -0.1) is 24.0 Å². The predicted molar refractivity (Wildman–Crippen MR) is 119 cm³/mol. The minimum absolute atomic E-state index is 0. The van der Waals surface area contributed by atoms with Crippen molar-refractivity contribution in [1.82, 2.24) is 15.5 Å². The van der Waals surface area contributed by atoms with Gasteiger partial charge in [-0.25, -0.2) is 0 Å². The summed E-state index contributed by atoms with van der Waals surface area (Å²) in [4.78, 5) is 6.90. The molecule has 1 aromatic carbocycles. The van der Waals surface area contributed by atoms with Crippen molar-refractivity contribution in [2.75, 3.05) is 32.8 Å². The molecule has 0 bridgehead atoms. The van der Waals surface area contributed by atoms with Gasteiger partial charge in [0.1, 0.15) is 0 Å². The monoisotopic (exact) mass is 526 g/mol. The van der Waals surface area contributed by atoms with E-state index in [1.807, 2.05) is 6.92 Å². The van der Waals surface area contributed by atoms with Gasteiger partial charge in [0.25, 0.3) is 0 Å². The molecule has 0 amide bonds. The van der Waals surface area contributed by atoms with Crippen molar-refractivity contribution in [3.8, 4) is 0 Å². The lowest BCUT2D eigenvalue weighted by molar-refractivity contribution is -0.137. The Bertz CT molecular complexity index is 648. The second-order valence-electron chi connectivity index (χ2n) is 7.41. The van der Waals surface area contributed by atoms with E-state index >= 15 is 0 Å². The Labute approximate surface area is 187 Å². The van der Waals surface area contributed by atoms with E-state index in [2.05, 4.69) is 20.5 Å². The highest BCUT2D eigenvalue weighted by atomic mass is 127. The number of likely N-dealkylation sites (tertiary alicyclic amines) is 1. The number of nitrogens with one attached hydrogen (secondary N) is 2. The second-order valence-corrected chi connectivity index (χ2v) is 7.41. The zero-order chi connectivity index (χ0) is 20.0. The summed E-state index contributed by atoms with van der Waals surface area (Å²) in [6, 6.07) is 5.72. The van der Waals surface area contributed by atoms with Crippen molar-refractivity contribution in [3.63, 3.8) is 0 Å². The van der Waals surface area contributed by atoms with E-state index in [9.17, 15) is 13.2 Å². The number of hydrogen-bond acceptors (Lipinski definition) is 3. The highest BCUT2D eigenvalue weighted by molar-refractivity contribution is 14.0. The largest absolute Gasteiger partial charge is 0.416 e. The molecular weight excluding hydrogens is 496 g/mol. The molecule has 164 valence electrons. The van der Waals surface area contributed by atoms with E-state index in [1.165, 1.54) is 0 Å². The van der Waals surface area contributed by atoms with E-state index in [1.54, 1.807) is 12.1 Å². The minimum atomic E-state index is -4.28. The van der Waals surface area contributed by atoms with Crippen LogP contribution < -0.4 is 10.6 Å². The van der Waals surface area contributed by atoms with Gasteiger partial charge in [0.2, 0.25) is 0 Å². The number of benzene rings is 1. The Morgan fingerprint density at radius 2 is 2.00 bits per heavy atom. The fraction of sp³-hybridized carbons (Fsp3) is 0.650. The zero-order valence-corrected chi connectivity index (χ0v) is 19.0. The smallest absolute Gasteiger partial charge is 0.376 e. The standard InChI is InChI=1S/C20H29F3N4O.HI/c1-2-24-19(25-12-18-4-3-11-28-18)26-17-9-10-27(14-17)13-15-5-7-16(8-6-15)20(21,22)23;/h5-8,17-18H,2-4,9-14H2,1H3,(H2,24,25,26);1H. The van der Waals surface area contributed by atoms with Gasteiger partial charge >= 0.3 is 6.18 Å². The highest BCUT2D eigenvalue weighted by Crippen LogP contribution is 2.29. The van der Waals surface area contributed by atoms with Crippen molar-refractivity contribution in [1.29, 1.82) is 0 Å². The molecule has 29 heavy (non-hydrogen) atoms. The van der Waals surface area contributed by atoms with E-state index in [-0.39, 0.29) is 36.1 Å². The Kier molecular flexibility index (Phi) is 9.48. The van der Waals surface area contributed by atoms with Crippen LogP contribution >= 0.6 is 24.0 Å². The summed E-state index contributed by atoms with van der Waals surface area (Å²) in [5.74, 6) is 0.805. The van der Waals surface area contributed by atoms with Gasteiger partial charge in [0.05, 0.1) is 18.2 Å². The minimum Gasteiger partial charge on any atom is -0.376 e. The third-order valence-corrected chi connectivity index (χ3v) is 5.12. The molecule has 0 radical (unpaired) electrons. The first-order valence-electron chi connectivity index (χ1n) is 9.99. The first kappa shape index (κ1) is 24.2. The third kappa shape index (κ3) is 7.60. The first-order valence-corrected chi connectivity index (χ1v) is 9.99. The van der Waals surface area contributed by atoms with Gasteiger partial charge in [-0.3, -0.25) is 9.89 Å². The van der Waals surface area contributed by atoms with Crippen molar-refractivity contribution in [3.05, 3.63) is 35.4 Å². The molecule has 2 fully saturated rings. The summed E-state index contributed by atoms with van der Waals surface area (Å²) >= 11 is 0. The summed E-state index contributed by atoms with van der Waals surface area (Å²) in [5.41, 5.74) is 0.294. The predicted octanol–water partition coefficient (Wildman–Crippen LogP) is 3.63. The number of ether oxygens (including phenoxy) is 1. The zero-order valence-electron chi connectivity index (χ0n) is 16.7. The number of alkyl halides is 3. The molecule has 5 nitrogen and oxygen atoms in total. The van der Waals surface area contributed by atoms with Crippen LogP contribution in [0, 0.1) is 0 Å². The van der Waals surface area contributed by atoms with E-state index < -0.39 is 11.7 Å².